The van der Waals surface area contributed by atoms with E-state index in [1.54, 1.807) is 0 Å². The van der Waals surface area contributed by atoms with Crippen molar-refractivity contribution >= 4 is 34.9 Å². The summed E-state index contributed by atoms with van der Waals surface area (Å²) >= 11 is 6.00. The lowest BCUT2D eigenvalue weighted by Crippen LogP contribution is -2.33. The molecule has 1 unspecified atom stereocenters. The first-order chi connectivity index (χ1) is 11.8. The largest absolute Gasteiger partial charge is 0.476 e. The summed E-state index contributed by atoms with van der Waals surface area (Å²) in [6.07, 6.45) is 2.43. The Morgan fingerprint density at radius 2 is 1.96 bits per heavy atom. The fourth-order valence-electron chi connectivity index (χ4n) is 3.19. The summed E-state index contributed by atoms with van der Waals surface area (Å²) in [5, 5.41) is 9.89. The third-order valence-corrected chi connectivity index (χ3v) is 4.73. The van der Waals surface area contributed by atoms with Crippen molar-refractivity contribution in [2.24, 2.45) is 5.92 Å². The van der Waals surface area contributed by atoms with E-state index in [2.05, 4.69) is 17.4 Å². The van der Waals surface area contributed by atoms with Gasteiger partial charge in [0.15, 0.2) is 0 Å². The smallest absolute Gasteiger partial charge is 0.241 e. The Balaban J connectivity index is 0.00000182. The van der Waals surface area contributed by atoms with Crippen LogP contribution in [-0.2, 0) is 0 Å². The number of benzene rings is 2. The van der Waals surface area contributed by atoms with Gasteiger partial charge < -0.3 is 10.1 Å². The molecule has 1 N–H and O–H groups in total. The zero-order valence-electron chi connectivity index (χ0n) is 13.8. The number of para-hydroxylation sites is 1. The van der Waals surface area contributed by atoms with E-state index in [0.717, 1.165) is 34.7 Å². The molecule has 1 aliphatic heterocycles. The Morgan fingerprint density at radius 3 is 2.72 bits per heavy atom. The van der Waals surface area contributed by atoms with E-state index in [9.17, 15) is 0 Å². The molecule has 1 atom stereocenters. The molecule has 1 aromatic heterocycles. The first kappa shape index (κ1) is 18.1. The molecule has 25 heavy (non-hydrogen) atoms. The van der Waals surface area contributed by atoms with Crippen LogP contribution in [0, 0.1) is 5.92 Å². The number of aromatic nitrogens is 2. The van der Waals surface area contributed by atoms with Crippen LogP contribution in [0.1, 0.15) is 12.8 Å². The number of nitrogens with one attached hydrogen (secondary N) is 1. The second-order valence-electron chi connectivity index (χ2n) is 6.23. The van der Waals surface area contributed by atoms with Gasteiger partial charge in [-0.2, -0.15) is 0 Å². The van der Waals surface area contributed by atoms with Crippen molar-refractivity contribution < 1.29 is 4.74 Å². The quantitative estimate of drug-likeness (QED) is 0.728. The fourth-order valence-corrected chi connectivity index (χ4v) is 3.31. The molecule has 2 heterocycles. The van der Waals surface area contributed by atoms with E-state index in [4.69, 9.17) is 21.4 Å². The molecular weight excluding hydrogens is 357 g/mol. The summed E-state index contributed by atoms with van der Waals surface area (Å²) in [4.78, 5) is 0. The number of rotatable bonds is 4. The summed E-state index contributed by atoms with van der Waals surface area (Å²) < 4.78 is 8.00. The van der Waals surface area contributed by atoms with Crippen LogP contribution in [0.25, 0.3) is 16.6 Å². The molecule has 4 rings (SSSR count). The maximum Gasteiger partial charge on any atom is 0.241 e. The Morgan fingerprint density at radius 1 is 1.16 bits per heavy atom. The first-order valence-corrected chi connectivity index (χ1v) is 8.76. The van der Waals surface area contributed by atoms with Crippen molar-refractivity contribution in [1.82, 2.24) is 15.1 Å². The molecule has 0 radical (unpaired) electrons. The van der Waals surface area contributed by atoms with E-state index < -0.39 is 0 Å². The minimum atomic E-state index is 0. The number of piperidine rings is 1. The molecule has 0 bridgehead atoms. The van der Waals surface area contributed by atoms with Crippen molar-refractivity contribution in [1.29, 1.82) is 0 Å². The highest BCUT2D eigenvalue weighted by Gasteiger charge is 2.17. The topological polar surface area (TPSA) is 39.1 Å². The van der Waals surface area contributed by atoms with Gasteiger partial charge in [-0.15, -0.1) is 17.5 Å². The number of ether oxygens (including phenoxy) is 1. The molecule has 3 aromatic rings. The average Bonchev–Trinajstić information content (AvgIpc) is 3.00. The molecule has 0 amide bonds. The average molecular weight is 378 g/mol. The summed E-state index contributed by atoms with van der Waals surface area (Å²) in [5.74, 6) is 1.25. The SMILES string of the molecule is Cl.Clc1ccc(-n2nc(OCC3CCCNC3)c3ccccc32)cc1. The monoisotopic (exact) mass is 377 g/mol. The first-order valence-electron chi connectivity index (χ1n) is 8.38. The van der Waals surface area contributed by atoms with Crippen LogP contribution in [0.2, 0.25) is 5.02 Å². The van der Waals surface area contributed by atoms with Gasteiger partial charge in [-0.3, -0.25) is 0 Å². The number of nitrogens with zero attached hydrogens (tertiary/aromatic N) is 2. The van der Waals surface area contributed by atoms with Crippen LogP contribution >= 0.6 is 24.0 Å². The van der Waals surface area contributed by atoms with Crippen LogP contribution in [0.5, 0.6) is 5.88 Å². The number of hydrogen-bond acceptors (Lipinski definition) is 3. The predicted octanol–water partition coefficient (Wildman–Crippen LogP) is 4.48. The Hall–Kier alpha value is -1.75. The molecule has 0 saturated carbocycles. The van der Waals surface area contributed by atoms with Gasteiger partial charge in [-0.05, 0) is 55.8 Å². The van der Waals surface area contributed by atoms with Gasteiger partial charge in [0.1, 0.15) is 0 Å². The van der Waals surface area contributed by atoms with Gasteiger partial charge in [-0.1, -0.05) is 23.7 Å². The van der Waals surface area contributed by atoms with Crippen molar-refractivity contribution in [2.45, 2.75) is 12.8 Å². The molecule has 132 valence electrons. The van der Waals surface area contributed by atoms with E-state index >= 15 is 0 Å². The second-order valence-corrected chi connectivity index (χ2v) is 6.67. The van der Waals surface area contributed by atoms with Crippen LogP contribution in [0.15, 0.2) is 48.5 Å². The van der Waals surface area contributed by atoms with Crippen molar-refractivity contribution in [3.63, 3.8) is 0 Å². The maximum atomic E-state index is 6.09. The van der Waals surface area contributed by atoms with Gasteiger partial charge in [0, 0.05) is 17.5 Å². The number of halogens is 2. The molecule has 6 heteroatoms. The second kappa shape index (κ2) is 8.09. The maximum absolute atomic E-state index is 6.09. The van der Waals surface area contributed by atoms with Gasteiger partial charge in [0.25, 0.3) is 0 Å². The van der Waals surface area contributed by atoms with Crippen molar-refractivity contribution in [3.8, 4) is 11.6 Å². The molecule has 2 aromatic carbocycles. The van der Waals surface area contributed by atoms with Crippen LogP contribution < -0.4 is 10.1 Å². The Labute approximate surface area is 158 Å². The van der Waals surface area contributed by atoms with Gasteiger partial charge in [-0.25, -0.2) is 4.68 Å². The van der Waals surface area contributed by atoms with Gasteiger partial charge in [0.05, 0.1) is 23.2 Å². The van der Waals surface area contributed by atoms with E-state index in [0.29, 0.717) is 18.4 Å². The lowest BCUT2D eigenvalue weighted by molar-refractivity contribution is 0.213. The van der Waals surface area contributed by atoms with Crippen LogP contribution in [0.4, 0.5) is 0 Å². The third kappa shape index (κ3) is 3.92. The Kier molecular flexibility index (Phi) is 5.84. The Bertz CT molecular complexity index is 826. The molecule has 0 spiro atoms. The number of fused-ring (bicyclic) bond motifs is 1. The zero-order valence-corrected chi connectivity index (χ0v) is 15.4. The summed E-state index contributed by atoms with van der Waals surface area (Å²) in [6, 6.07) is 15.8. The molecule has 4 nitrogen and oxygen atoms in total. The molecule has 0 aliphatic carbocycles. The highest BCUT2D eigenvalue weighted by Crippen LogP contribution is 2.28. The van der Waals surface area contributed by atoms with Gasteiger partial charge >= 0.3 is 0 Å². The normalized spacial score (nSPS) is 17.2. The third-order valence-electron chi connectivity index (χ3n) is 4.48. The molecule has 1 saturated heterocycles. The van der Waals surface area contributed by atoms with E-state index in [-0.39, 0.29) is 12.4 Å². The lowest BCUT2D eigenvalue weighted by Gasteiger charge is -2.22. The predicted molar refractivity (Wildman–Crippen MR) is 104 cm³/mol. The minimum Gasteiger partial charge on any atom is -0.476 e. The van der Waals surface area contributed by atoms with Crippen LogP contribution in [-0.4, -0.2) is 29.5 Å². The van der Waals surface area contributed by atoms with Crippen molar-refractivity contribution in [3.05, 3.63) is 53.6 Å². The highest BCUT2D eigenvalue weighted by atomic mass is 35.5. The number of hydrogen-bond donors (Lipinski definition) is 1. The van der Waals surface area contributed by atoms with Gasteiger partial charge in [0.2, 0.25) is 5.88 Å². The summed E-state index contributed by atoms with van der Waals surface area (Å²) in [6.45, 7) is 2.84. The molecular formula is C19H21Cl2N3O. The summed E-state index contributed by atoms with van der Waals surface area (Å²) in [7, 11) is 0. The highest BCUT2D eigenvalue weighted by molar-refractivity contribution is 6.30. The standard InChI is InChI=1S/C19H20ClN3O.ClH/c20-15-7-9-16(10-8-15)23-18-6-2-1-5-17(18)19(22-23)24-13-14-4-3-11-21-12-14;/h1-2,5-10,14,21H,3-4,11-13H2;1H. The van der Waals surface area contributed by atoms with E-state index in [1.165, 1.54) is 12.8 Å². The van der Waals surface area contributed by atoms with Crippen LogP contribution in [0.3, 0.4) is 0 Å². The zero-order chi connectivity index (χ0) is 16.4. The summed E-state index contributed by atoms with van der Waals surface area (Å²) in [5.41, 5.74) is 2.02. The fraction of sp³-hybridized carbons (Fsp3) is 0.316. The lowest BCUT2D eigenvalue weighted by atomic mass is 10.0. The molecule has 1 fully saturated rings. The van der Waals surface area contributed by atoms with E-state index in [1.807, 2.05) is 41.1 Å². The molecule has 1 aliphatic rings. The minimum absolute atomic E-state index is 0. The van der Waals surface area contributed by atoms with Crippen molar-refractivity contribution in [2.75, 3.05) is 19.7 Å².